The molecule has 0 aromatic heterocycles. The molecule has 2 aromatic carbocycles. The number of rotatable bonds is 3. The molecule has 3 rings (SSSR count). The summed E-state index contributed by atoms with van der Waals surface area (Å²) in [6, 6.07) is 15.7. The van der Waals surface area contributed by atoms with E-state index in [1.165, 1.54) is 0 Å². The molecular formula is C16H15NO2. The SMILES string of the molecule is COc1ccc(CC2C(=O)Nc3ccccc32)cc1. The maximum atomic E-state index is 12.0. The largest absolute Gasteiger partial charge is 0.497 e. The number of carbonyl (C=O) groups excluding carboxylic acids is 1. The zero-order valence-electron chi connectivity index (χ0n) is 10.7. The van der Waals surface area contributed by atoms with E-state index in [1.54, 1.807) is 7.11 Å². The minimum absolute atomic E-state index is 0.0806. The fraction of sp³-hybridized carbons (Fsp3) is 0.188. The monoisotopic (exact) mass is 253 g/mol. The van der Waals surface area contributed by atoms with Crippen LogP contribution in [0.2, 0.25) is 0 Å². The van der Waals surface area contributed by atoms with Crippen LogP contribution < -0.4 is 10.1 Å². The molecule has 3 heteroatoms. The van der Waals surface area contributed by atoms with Crippen LogP contribution in [0.1, 0.15) is 17.0 Å². The molecule has 0 bridgehead atoms. The molecule has 1 aliphatic heterocycles. The van der Waals surface area contributed by atoms with E-state index in [0.29, 0.717) is 6.42 Å². The Kier molecular flexibility index (Phi) is 2.95. The van der Waals surface area contributed by atoms with Gasteiger partial charge in [-0.25, -0.2) is 0 Å². The summed E-state index contributed by atoms with van der Waals surface area (Å²) in [5, 5.41) is 2.93. The maximum Gasteiger partial charge on any atom is 0.232 e. The van der Waals surface area contributed by atoms with E-state index < -0.39 is 0 Å². The summed E-state index contributed by atoms with van der Waals surface area (Å²) in [6.07, 6.45) is 0.715. The first-order valence-electron chi connectivity index (χ1n) is 6.30. The fourth-order valence-corrected chi connectivity index (χ4v) is 2.48. The second kappa shape index (κ2) is 4.76. The summed E-state index contributed by atoms with van der Waals surface area (Å²) in [5.41, 5.74) is 3.16. The van der Waals surface area contributed by atoms with Crippen LogP contribution >= 0.6 is 0 Å². The van der Waals surface area contributed by atoms with E-state index in [4.69, 9.17) is 4.74 Å². The van der Waals surface area contributed by atoms with Crippen LogP contribution in [0.4, 0.5) is 5.69 Å². The van der Waals surface area contributed by atoms with Gasteiger partial charge in [-0.3, -0.25) is 4.79 Å². The Morgan fingerprint density at radius 3 is 2.58 bits per heavy atom. The van der Waals surface area contributed by atoms with Crippen LogP contribution in [-0.4, -0.2) is 13.0 Å². The fourth-order valence-electron chi connectivity index (χ4n) is 2.48. The van der Waals surface area contributed by atoms with Gasteiger partial charge < -0.3 is 10.1 Å². The van der Waals surface area contributed by atoms with Crippen molar-refractivity contribution in [3.8, 4) is 5.75 Å². The average Bonchev–Trinajstić information content (AvgIpc) is 2.76. The number of nitrogens with one attached hydrogen (secondary N) is 1. The van der Waals surface area contributed by atoms with Crippen LogP contribution in [0.5, 0.6) is 5.75 Å². The third kappa shape index (κ3) is 2.19. The average molecular weight is 253 g/mol. The standard InChI is InChI=1S/C16H15NO2/c1-19-12-8-6-11(7-9-12)10-14-13-4-2-3-5-15(13)17-16(14)18/h2-9,14H,10H2,1H3,(H,17,18). The van der Waals surface area contributed by atoms with Crippen molar-refractivity contribution in [2.24, 2.45) is 0 Å². The zero-order valence-corrected chi connectivity index (χ0v) is 10.7. The van der Waals surface area contributed by atoms with E-state index in [-0.39, 0.29) is 11.8 Å². The van der Waals surface area contributed by atoms with Crippen LogP contribution in [-0.2, 0) is 11.2 Å². The van der Waals surface area contributed by atoms with Gasteiger partial charge in [-0.2, -0.15) is 0 Å². The molecule has 2 aromatic rings. The minimum atomic E-state index is -0.0930. The van der Waals surface area contributed by atoms with Crippen LogP contribution in [0.3, 0.4) is 0 Å². The summed E-state index contributed by atoms with van der Waals surface area (Å²) in [6.45, 7) is 0. The second-order valence-electron chi connectivity index (χ2n) is 4.68. The highest BCUT2D eigenvalue weighted by Gasteiger charge is 2.29. The molecular weight excluding hydrogens is 238 g/mol. The van der Waals surface area contributed by atoms with Gasteiger partial charge in [-0.05, 0) is 35.7 Å². The Bertz CT molecular complexity index is 604. The number of para-hydroxylation sites is 1. The smallest absolute Gasteiger partial charge is 0.232 e. The maximum absolute atomic E-state index is 12.0. The van der Waals surface area contributed by atoms with E-state index in [0.717, 1.165) is 22.6 Å². The van der Waals surface area contributed by atoms with Crippen molar-refractivity contribution in [1.82, 2.24) is 0 Å². The molecule has 3 nitrogen and oxygen atoms in total. The molecule has 0 fully saturated rings. The van der Waals surface area contributed by atoms with E-state index in [9.17, 15) is 4.79 Å². The molecule has 1 unspecified atom stereocenters. The Labute approximate surface area is 112 Å². The van der Waals surface area contributed by atoms with E-state index in [2.05, 4.69) is 5.32 Å². The number of carbonyl (C=O) groups is 1. The first-order chi connectivity index (χ1) is 9.28. The molecule has 1 aliphatic rings. The first-order valence-corrected chi connectivity index (χ1v) is 6.30. The molecule has 1 heterocycles. The number of ether oxygens (including phenoxy) is 1. The predicted octanol–water partition coefficient (Wildman–Crippen LogP) is 2.97. The van der Waals surface area contributed by atoms with Gasteiger partial charge in [0.25, 0.3) is 0 Å². The number of benzene rings is 2. The minimum Gasteiger partial charge on any atom is -0.497 e. The number of methoxy groups -OCH3 is 1. The highest BCUT2D eigenvalue weighted by Crippen LogP contribution is 2.34. The summed E-state index contributed by atoms with van der Waals surface area (Å²) in [7, 11) is 1.65. The number of fused-ring (bicyclic) bond motifs is 1. The topological polar surface area (TPSA) is 38.3 Å². The van der Waals surface area contributed by atoms with Gasteiger partial charge in [-0.1, -0.05) is 30.3 Å². The third-order valence-electron chi connectivity index (χ3n) is 3.51. The highest BCUT2D eigenvalue weighted by molar-refractivity contribution is 6.03. The summed E-state index contributed by atoms with van der Waals surface area (Å²) in [4.78, 5) is 12.0. The summed E-state index contributed by atoms with van der Waals surface area (Å²) >= 11 is 0. The second-order valence-corrected chi connectivity index (χ2v) is 4.68. The van der Waals surface area contributed by atoms with Gasteiger partial charge in [0.15, 0.2) is 0 Å². The molecule has 0 spiro atoms. The van der Waals surface area contributed by atoms with Gasteiger partial charge in [0.05, 0.1) is 13.0 Å². The predicted molar refractivity (Wildman–Crippen MR) is 74.5 cm³/mol. The van der Waals surface area contributed by atoms with Gasteiger partial charge in [0.1, 0.15) is 5.75 Å². The van der Waals surface area contributed by atoms with Crippen LogP contribution in [0.25, 0.3) is 0 Å². The lowest BCUT2D eigenvalue weighted by atomic mass is 9.93. The Morgan fingerprint density at radius 1 is 1.11 bits per heavy atom. The molecule has 0 radical (unpaired) electrons. The van der Waals surface area contributed by atoms with Crippen LogP contribution in [0.15, 0.2) is 48.5 Å². The first kappa shape index (κ1) is 11.8. The van der Waals surface area contributed by atoms with Crippen molar-refractivity contribution < 1.29 is 9.53 Å². The number of amides is 1. The van der Waals surface area contributed by atoms with Crippen molar-refractivity contribution in [3.05, 3.63) is 59.7 Å². The van der Waals surface area contributed by atoms with Gasteiger partial charge >= 0.3 is 0 Å². The lowest BCUT2D eigenvalue weighted by Gasteiger charge is -2.09. The lowest BCUT2D eigenvalue weighted by molar-refractivity contribution is -0.117. The van der Waals surface area contributed by atoms with Crippen molar-refractivity contribution in [3.63, 3.8) is 0 Å². The van der Waals surface area contributed by atoms with Crippen molar-refractivity contribution in [2.75, 3.05) is 12.4 Å². The number of anilines is 1. The van der Waals surface area contributed by atoms with Crippen molar-refractivity contribution in [1.29, 1.82) is 0 Å². The molecule has 1 N–H and O–H groups in total. The molecule has 1 amide bonds. The third-order valence-corrected chi connectivity index (χ3v) is 3.51. The normalized spacial score (nSPS) is 16.9. The van der Waals surface area contributed by atoms with Gasteiger partial charge in [0, 0.05) is 5.69 Å². The zero-order chi connectivity index (χ0) is 13.2. The molecule has 0 saturated heterocycles. The van der Waals surface area contributed by atoms with Gasteiger partial charge in [0.2, 0.25) is 5.91 Å². The Balaban J connectivity index is 1.84. The van der Waals surface area contributed by atoms with Crippen molar-refractivity contribution >= 4 is 11.6 Å². The van der Waals surface area contributed by atoms with Crippen LogP contribution in [0, 0.1) is 0 Å². The molecule has 19 heavy (non-hydrogen) atoms. The molecule has 0 saturated carbocycles. The highest BCUT2D eigenvalue weighted by atomic mass is 16.5. The Hall–Kier alpha value is -2.29. The molecule has 1 atom stereocenters. The number of hydrogen-bond donors (Lipinski definition) is 1. The molecule has 96 valence electrons. The Morgan fingerprint density at radius 2 is 1.84 bits per heavy atom. The number of hydrogen-bond acceptors (Lipinski definition) is 2. The van der Waals surface area contributed by atoms with E-state index >= 15 is 0 Å². The van der Waals surface area contributed by atoms with Gasteiger partial charge in [-0.15, -0.1) is 0 Å². The van der Waals surface area contributed by atoms with E-state index in [1.807, 2.05) is 48.5 Å². The summed E-state index contributed by atoms with van der Waals surface area (Å²) in [5.74, 6) is 0.821. The van der Waals surface area contributed by atoms with Crippen molar-refractivity contribution in [2.45, 2.75) is 12.3 Å². The quantitative estimate of drug-likeness (QED) is 0.913. The lowest BCUT2D eigenvalue weighted by Crippen LogP contribution is -2.14. The molecule has 0 aliphatic carbocycles. The summed E-state index contributed by atoms with van der Waals surface area (Å²) < 4.78 is 5.14.